The van der Waals surface area contributed by atoms with E-state index in [0.717, 1.165) is 24.1 Å². The molecule has 8 heteroatoms. The van der Waals surface area contributed by atoms with Crippen molar-refractivity contribution in [3.63, 3.8) is 0 Å². The van der Waals surface area contributed by atoms with Crippen molar-refractivity contribution in [2.24, 2.45) is 0 Å². The number of hydrogen-bond donors (Lipinski definition) is 2. The van der Waals surface area contributed by atoms with Crippen LogP contribution in [-0.4, -0.2) is 11.0 Å². The van der Waals surface area contributed by atoms with Crippen molar-refractivity contribution in [2.45, 2.75) is 12.6 Å². The fourth-order valence-electron chi connectivity index (χ4n) is 3.24. The van der Waals surface area contributed by atoms with Crippen molar-refractivity contribution in [1.29, 1.82) is 0 Å². The summed E-state index contributed by atoms with van der Waals surface area (Å²) < 4.78 is 44.4. The standard InChI is InChI=1S/C26H20F3N3O2/c27-26(28,29)20-8-4-9-22(17-20)34-24-23(10-5-15-30-24)32-25(33)31-21-13-11-19(12-14-21)16-18-6-2-1-3-7-18/h1-15,17H,16H2,(H2,31,32,33). The Morgan fingerprint density at radius 2 is 1.56 bits per heavy atom. The molecule has 2 amide bonds. The van der Waals surface area contributed by atoms with E-state index < -0.39 is 17.8 Å². The first-order valence-electron chi connectivity index (χ1n) is 10.4. The SMILES string of the molecule is O=C(Nc1ccc(Cc2ccccc2)cc1)Nc1cccnc1Oc1cccc(C(F)(F)F)c1. The molecule has 4 aromatic rings. The second-order valence-corrected chi connectivity index (χ2v) is 7.42. The normalized spacial score (nSPS) is 11.0. The van der Waals surface area contributed by atoms with Crippen LogP contribution in [0.1, 0.15) is 16.7 Å². The molecule has 34 heavy (non-hydrogen) atoms. The van der Waals surface area contributed by atoms with Gasteiger partial charge in [-0.2, -0.15) is 13.2 Å². The number of nitrogens with zero attached hydrogens (tertiary/aromatic N) is 1. The fraction of sp³-hybridized carbons (Fsp3) is 0.0769. The van der Waals surface area contributed by atoms with E-state index in [9.17, 15) is 18.0 Å². The third-order valence-electron chi connectivity index (χ3n) is 4.86. The van der Waals surface area contributed by atoms with Gasteiger partial charge >= 0.3 is 12.2 Å². The quantitative estimate of drug-likeness (QED) is 0.320. The van der Waals surface area contributed by atoms with Gasteiger partial charge in [0.15, 0.2) is 0 Å². The summed E-state index contributed by atoms with van der Waals surface area (Å²) in [7, 11) is 0. The lowest BCUT2D eigenvalue weighted by Crippen LogP contribution is -2.20. The van der Waals surface area contributed by atoms with E-state index >= 15 is 0 Å². The molecule has 0 bridgehead atoms. The van der Waals surface area contributed by atoms with Gasteiger partial charge in [-0.1, -0.05) is 48.5 Å². The Balaban J connectivity index is 1.40. The van der Waals surface area contributed by atoms with Gasteiger partial charge in [0, 0.05) is 11.9 Å². The van der Waals surface area contributed by atoms with E-state index in [4.69, 9.17) is 4.74 Å². The number of benzene rings is 3. The minimum atomic E-state index is -4.50. The lowest BCUT2D eigenvalue weighted by Gasteiger charge is -2.13. The number of rotatable bonds is 6. The zero-order chi connectivity index (χ0) is 24.0. The van der Waals surface area contributed by atoms with Crippen molar-refractivity contribution in [1.82, 2.24) is 4.98 Å². The summed E-state index contributed by atoms with van der Waals surface area (Å²) in [6, 6.07) is 24.5. The van der Waals surface area contributed by atoms with Crippen molar-refractivity contribution >= 4 is 17.4 Å². The number of nitrogens with one attached hydrogen (secondary N) is 2. The molecule has 0 atom stereocenters. The van der Waals surface area contributed by atoms with Crippen molar-refractivity contribution in [3.05, 3.63) is 114 Å². The van der Waals surface area contributed by atoms with Crippen LogP contribution in [0.4, 0.5) is 29.3 Å². The van der Waals surface area contributed by atoms with Gasteiger partial charge in [-0.15, -0.1) is 0 Å². The van der Waals surface area contributed by atoms with E-state index in [2.05, 4.69) is 15.6 Å². The number of hydrogen-bond acceptors (Lipinski definition) is 3. The molecule has 0 saturated carbocycles. The maximum absolute atomic E-state index is 13.0. The van der Waals surface area contributed by atoms with Crippen molar-refractivity contribution in [3.8, 4) is 11.6 Å². The van der Waals surface area contributed by atoms with Crippen LogP contribution in [0.15, 0.2) is 97.2 Å². The number of ether oxygens (including phenoxy) is 1. The van der Waals surface area contributed by atoms with Gasteiger partial charge in [0.2, 0.25) is 5.88 Å². The number of alkyl halides is 3. The summed E-state index contributed by atoms with van der Waals surface area (Å²) in [5, 5.41) is 5.34. The van der Waals surface area contributed by atoms with Crippen LogP contribution in [0, 0.1) is 0 Å². The molecule has 3 aromatic carbocycles. The van der Waals surface area contributed by atoms with Gasteiger partial charge in [-0.3, -0.25) is 0 Å². The maximum atomic E-state index is 13.0. The highest BCUT2D eigenvalue weighted by Gasteiger charge is 2.30. The first-order valence-corrected chi connectivity index (χ1v) is 10.4. The number of halogens is 3. The minimum absolute atomic E-state index is 0.0322. The molecule has 0 aliphatic carbocycles. The summed E-state index contributed by atoms with van der Waals surface area (Å²) in [4.78, 5) is 16.5. The molecule has 5 nitrogen and oxygen atoms in total. The Hall–Kier alpha value is -4.33. The van der Waals surface area contributed by atoms with Crippen molar-refractivity contribution < 1.29 is 22.7 Å². The van der Waals surface area contributed by atoms with Gasteiger partial charge in [-0.05, 0) is 60.0 Å². The minimum Gasteiger partial charge on any atom is -0.437 e. The number of aromatic nitrogens is 1. The van der Waals surface area contributed by atoms with E-state index in [1.54, 1.807) is 24.3 Å². The number of amides is 2. The third kappa shape index (κ3) is 6.13. The predicted molar refractivity (Wildman–Crippen MR) is 124 cm³/mol. The average molecular weight is 463 g/mol. The lowest BCUT2D eigenvalue weighted by molar-refractivity contribution is -0.137. The molecular weight excluding hydrogens is 443 g/mol. The van der Waals surface area contributed by atoms with Crippen LogP contribution in [0.3, 0.4) is 0 Å². The van der Waals surface area contributed by atoms with Gasteiger partial charge in [0.25, 0.3) is 0 Å². The fourth-order valence-corrected chi connectivity index (χ4v) is 3.24. The Kier molecular flexibility index (Phi) is 6.77. The monoisotopic (exact) mass is 463 g/mol. The lowest BCUT2D eigenvalue weighted by atomic mass is 10.0. The van der Waals surface area contributed by atoms with Crippen LogP contribution in [0.25, 0.3) is 0 Å². The van der Waals surface area contributed by atoms with E-state index in [-0.39, 0.29) is 17.3 Å². The highest BCUT2D eigenvalue weighted by atomic mass is 19.4. The van der Waals surface area contributed by atoms with Crippen LogP contribution in [0.5, 0.6) is 11.6 Å². The van der Waals surface area contributed by atoms with Crippen LogP contribution >= 0.6 is 0 Å². The number of carbonyl (C=O) groups is 1. The van der Waals surface area contributed by atoms with Crippen molar-refractivity contribution in [2.75, 3.05) is 10.6 Å². The molecule has 0 radical (unpaired) electrons. The number of pyridine rings is 1. The second kappa shape index (κ2) is 10.1. The molecule has 1 aromatic heterocycles. The average Bonchev–Trinajstić information content (AvgIpc) is 2.82. The molecule has 0 spiro atoms. The Bertz CT molecular complexity index is 1260. The number of urea groups is 1. The Labute approximate surface area is 194 Å². The zero-order valence-electron chi connectivity index (χ0n) is 17.8. The maximum Gasteiger partial charge on any atom is 0.416 e. The first kappa shape index (κ1) is 22.8. The molecular formula is C26H20F3N3O2. The van der Waals surface area contributed by atoms with Crippen LogP contribution in [-0.2, 0) is 12.6 Å². The second-order valence-electron chi connectivity index (χ2n) is 7.42. The van der Waals surface area contributed by atoms with Gasteiger partial charge in [0.05, 0.1) is 5.56 Å². The smallest absolute Gasteiger partial charge is 0.416 e. The molecule has 172 valence electrons. The largest absolute Gasteiger partial charge is 0.437 e. The summed E-state index contributed by atoms with van der Waals surface area (Å²) in [6.45, 7) is 0. The van der Waals surface area contributed by atoms with Gasteiger partial charge < -0.3 is 15.4 Å². The van der Waals surface area contributed by atoms with E-state index in [1.165, 1.54) is 23.9 Å². The van der Waals surface area contributed by atoms with Gasteiger partial charge in [-0.25, -0.2) is 9.78 Å². The highest BCUT2D eigenvalue weighted by Crippen LogP contribution is 2.33. The zero-order valence-corrected chi connectivity index (χ0v) is 17.8. The third-order valence-corrected chi connectivity index (χ3v) is 4.86. The van der Waals surface area contributed by atoms with E-state index in [0.29, 0.717) is 5.69 Å². The Morgan fingerprint density at radius 1 is 0.824 bits per heavy atom. The highest BCUT2D eigenvalue weighted by molar-refractivity contribution is 6.00. The summed E-state index contributed by atoms with van der Waals surface area (Å²) in [5.41, 5.74) is 2.23. The number of anilines is 2. The van der Waals surface area contributed by atoms with E-state index in [1.807, 2.05) is 42.5 Å². The summed E-state index contributed by atoms with van der Waals surface area (Å²) in [5.74, 6) is -0.0822. The molecule has 0 saturated heterocycles. The summed E-state index contributed by atoms with van der Waals surface area (Å²) >= 11 is 0. The molecule has 0 fully saturated rings. The topological polar surface area (TPSA) is 63.2 Å². The molecule has 0 unspecified atom stereocenters. The van der Waals surface area contributed by atoms with Crippen LogP contribution < -0.4 is 15.4 Å². The molecule has 0 aliphatic rings. The first-order chi connectivity index (χ1) is 16.4. The molecule has 0 aliphatic heterocycles. The Morgan fingerprint density at radius 3 is 2.29 bits per heavy atom. The van der Waals surface area contributed by atoms with Gasteiger partial charge in [0.1, 0.15) is 11.4 Å². The summed E-state index contributed by atoms with van der Waals surface area (Å²) in [6.07, 6.45) is -2.31. The number of carbonyl (C=O) groups excluding carboxylic acids is 1. The van der Waals surface area contributed by atoms with Crippen LogP contribution in [0.2, 0.25) is 0 Å². The predicted octanol–water partition coefficient (Wildman–Crippen LogP) is 7.13. The molecule has 1 heterocycles. The molecule has 4 rings (SSSR count). The molecule has 2 N–H and O–H groups in total.